The van der Waals surface area contributed by atoms with E-state index in [1.54, 1.807) is 18.2 Å². The van der Waals surface area contributed by atoms with Crippen LogP contribution in [-0.2, 0) is 4.57 Å². The van der Waals surface area contributed by atoms with E-state index in [9.17, 15) is 4.57 Å². The molecule has 0 amide bonds. The summed E-state index contributed by atoms with van der Waals surface area (Å²) < 4.78 is 14.6. The molecule has 1 aromatic rings. The molecule has 0 radical (unpaired) electrons. The number of hydrogen-bond donors (Lipinski definition) is 2. The molecule has 0 aliphatic heterocycles. The minimum Gasteiger partial charge on any atom is -0.405 e. The van der Waals surface area contributed by atoms with Gasteiger partial charge < -0.3 is 16.0 Å². The molecule has 0 aromatic heterocycles. The van der Waals surface area contributed by atoms with Crippen LogP contribution < -0.4 is 16.0 Å². The van der Waals surface area contributed by atoms with E-state index in [-0.39, 0.29) is 0 Å². The minimum atomic E-state index is -0.433. The fraction of sp³-hybridized carbons (Fsp3) is 0. The van der Waals surface area contributed by atoms with E-state index >= 15 is 0 Å². The van der Waals surface area contributed by atoms with Crippen LogP contribution in [0.1, 0.15) is 0 Å². The molecule has 0 aliphatic carbocycles. The summed E-state index contributed by atoms with van der Waals surface area (Å²) in [5.41, 5.74) is 11.7. The topological polar surface area (TPSA) is 78.3 Å². The third-order valence-electron chi connectivity index (χ3n) is 1.24. The van der Waals surface area contributed by atoms with Gasteiger partial charge in [-0.3, -0.25) is 0 Å². The summed E-state index contributed by atoms with van der Waals surface area (Å²) >= 11 is 0. The number of para-hydroxylation sites is 1. The van der Waals surface area contributed by atoms with Crippen molar-refractivity contribution in [1.82, 2.24) is 0 Å². The van der Waals surface area contributed by atoms with Gasteiger partial charge in [-0.15, -0.1) is 0 Å². The second-order valence-electron chi connectivity index (χ2n) is 1.92. The lowest BCUT2D eigenvalue weighted by Crippen LogP contribution is -1.95. The number of nitrogens with two attached hydrogens (primary N) is 2. The SMILES string of the molecule is Nc1cccc(OP=O)c1N. The quantitative estimate of drug-likeness (QED) is 0.519. The van der Waals surface area contributed by atoms with Crippen LogP contribution in [0.4, 0.5) is 11.4 Å². The molecule has 0 heterocycles. The molecule has 0 unspecified atom stereocenters. The first-order valence-corrected chi connectivity index (χ1v) is 3.62. The molecule has 58 valence electrons. The number of rotatable bonds is 2. The molecule has 0 saturated heterocycles. The van der Waals surface area contributed by atoms with Crippen LogP contribution in [0, 0.1) is 0 Å². The van der Waals surface area contributed by atoms with Crippen LogP contribution in [0.5, 0.6) is 5.75 Å². The second kappa shape index (κ2) is 3.21. The van der Waals surface area contributed by atoms with Crippen LogP contribution in [0.3, 0.4) is 0 Å². The average molecular weight is 170 g/mol. The highest BCUT2D eigenvalue weighted by Crippen LogP contribution is 2.28. The Hall–Kier alpha value is -1.28. The smallest absolute Gasteiger partial charge is 0.395 e. The first kappa shape index (κ1) is 7.82. The van der Waals surface area contributed by atoms with Gasteiger partial charge >= 0.3 is 8.69 Å². The molecule has 4 N–H and O–H groups in total. The van der Waals surface area contributed by atoms with Gasteiger partial charge in [0.15, 0.2) is 5.75 Å². The van der Waals surface area contributed by atoms with Gasteiger partial charge in [0.25, 0.3) is 0 Å². The summed E-state index contributed by atoms with van der Waals surface area (Å²) in [4.78, 5) is 0. The zero-order valence-corrected chi connectivity index (χ0v) is 6.54. The van der Waals surface area contributed by atoms with Gasteiger partial charge in [0.2, 0.25) is 0 Å². The molecule has 4 nitrogen and oxygen atoms in total. The summed E-state index contributed by atoms with van der Waals surface area (Å²) in [6, 6.07) is 4.91. The summed E-state index contributed by atoms with van der Waals surface area (Å²) in [6.07, 6.45) is 0. The van der Waals surface area contributed by atoms with Crippen LogP contribution >= 0.6 is 8.69 Å². The molecule has 0 fully saturated rings. The van der Waals surface area contributed by atoms with Crippen LogP contribution in [0.2, 0.25) is 0 Å². The molecule has 1 aromatic carbocycles. The standard InChI is InChI=1S/C6H7N2O2P/c7-4-2-1-3-5(6(4)8)10-11-9/h1-3H,7-8H2. The van der Waals surface area contributed by atoms with Crippen LogP contribution in [0.15, 0.2) is 18.2 Å². The fourth-order valence-electron chi connectivity index (χ4n) is 0.681. The largest absolute Gasteiger partial charge is 0.405 e. The first-order valence-electron chi connectivity index (χ1n) is 2.89. The lowest BCUT2D eigenvalue weighted by molar-refractivity contribution is 0.526. The van der Waals surface area contributed by atoms with Crippen molar-refractivity contribution in [2.75, 3.05) is 11.5 Å². The Balaban J connectivity index is 3.05. The molecule has 0 atom stereocenters. The van der Waals surface area contributed by atoms with Gasteiger partial charge in [-0.1, -0.05) is 6.07 Å². The highest BCUT2D eigenvalue weighted by atomic mass is 31.1. The number of benzene rings is 1. The molecular weight excluding hydrogens is 163 g/mol. The Bertz CT molecular complexity index is 277. The molecule has 0 bridgehead atoms. The summed E-state index contributed by atoms with van der Waals surface area (Å²) in [6.45, 7) is 0. The monoisotopic (exact) mass is 170 g/mol. The Kier molecular flexibility index (Phi) is 2.28. The Morgan fingerprint density at radius 3 is 2.73 bits per heavy atom. The van der Waals surface area contributed by atoms with Crippen molar-refractivity contribution in [2.24, 2.45) is 0 Å². The third kappa shape index (κ3) is 1.59. The minimum absolute atomic E-state index is 0.316. The Morgan fingerprint density at radius 1 is 1.36 bits per heavy atom. The zero-order valence-electron chi connectivity index (χ0n) is 5.65. The van der Waals surface area contributed by atoms with Gasteiger partial charge in [0, 0.05) is 0 Å². The highest BCUT2D eigenvalue weighted by molar-refractivity contribution is 7.17. The van der Waals surface area contributed by atoms with Crippen LogP contribution in [0.25, 0.3) is 0 Å². The van der Waals surface area contributed by atoms with Gasteiger partial charge in [0.05, 0.1) is 11.4 Å². The van der Waals surface area contributed by atoms with Crippen molar-refractivity contribution in [3.05, 3.63) is 18.2 Å². The van der Waals surface area contributed by atoms with Crippen LogP contribution in [-0.4, -0.2) is 0 Å². The zero-order chi connectivity index (χ0) is 8.27. The van der Waals surface area contributed by atoms with Crippen molar-refractivity contribution in [1.29, 1.82) is 0 Å². The van der Waals surface area contributed by atoms with E-state index in [2.05, 4.69) is 4.52 Å². The summed E-state index contributed by atoms with van der Waals surface area (Å²) in [5, 5.41) is 0. The van der Waals surface area contributed by atoms with Crippen molar-refractivity contribution < 1.29 is 9.09 Å². The fourth-order valence-corrected chi connectivity index (χ4v) is 0.920. The van der Waals surface area contributed by atoms with E-state index in [1.807, 2.05) is 0 Å². The predicted octanol–water partition coefficient (Wildman–Crippen LogP) is 1.44. The van der Waals surface area contributed by atoms with Crippen molar-refractivity contribution >= 4 is 20.1 Å². The van der Waals surface area contributed by atoms with Gasteiger partial charge in [-0.25, -0.2) is 4.57 Å². The molecule has 0 aliphatic rings. The third-order valence-corrected chi connectivity index (χ3v) is 1.51. The normalized spacial score (nSPS) is 9.82. The maximum Gasteiger partial charge on any atom is 0.395 e. The second-order valence-corrected chi connectivity index (χ2v) is 2.26. The molecule has 5 heteroatoms. The number of nitrogen functional groups attached to an aromatic ring is 2. The summed E-state index contributed by atoms with van der Waals surface area (Å²) in [7, 11) is -0.433. The highest BCUT2D eigenvalue weighted by Gasteiger charge is 2.01. The van der Waals surface area contributed by atoms with E-state index in [0.29, 0.717) is 17.1 Å². The lowest BCUT2D eigenvalue weighted by Gasteiger charge is -2.02. The Labute approximate surface area is 65.4 Å². The number of anilines is 2. The molecule has 1 rings (SSSR count). The van der Waals surface area contributed by atoms with Gasteiger partial charge in [-0.05, 0) is 12.1 Å². The van der Waals surface area contributed by atoms with E-state index < -0.39 is 8.69 Å². The van der Waals surface area contributed by atoms with E-state index in [1.165, 1.54) is 0 Å². The maximum absolute atomic E-state index is 10.0. The Morgan fingerprint density at radius 2 is 2.09 bits per heavy atom. The van der Waals surface area contributed by atoms with Crippen molar-refractivity contribution in [3.63, 3.8) is 0 Å². The first-order chi connectivity index (χ1) is 5.25. The van der Waals surface area contributed by atoms with E-state index in [0.717, 1.165) is 0 Å². The number of hydrogen-bond acceptors (Lipinski definition) is 4. The van der Waals surface area contributed by atoms with Gasteiger partial charge in [0.1, 0.15) is 0 Å². The summed E-state index contributed by atoms with van der Waals surface area (Å²) in [5.74, 6) is 0.335. The molecule has 11 heavy (non-hydrogen) atoms. The lowest BCUT2D eigenvalue weighted by atomic mass is 10.2. The maximum atomic E-state index is 10.0. The average Bonchev–Trinajstić information content (AvgIpc) is 1.99. The predicted molar refractivity (Wildman–Crippen MR) is 43.5 cm³/mol. The van der Waals surface area contributed by atoms with E-state index in [4.69, 9.17) is 11.5 Å². The molecule has 0 saturated carbocycles. The van der Waals surface area contributed by atoms with Crippen molar-refractivity contribution in [3.8, 4) is 5.75 Å². The molecule has 0 spiro atoms. The van der Waals surface area contributed by atoms with Gasteiger partial charge in [-0.2, -0.15) is 0 Å². The molecular formula is C6H7N2O2P. The van der Waals surface area contributed by atoms with Crippen molar-refractivity contribution in [2.45, 2.75) is 0 Å².